The second kappa shape index (κ2) is 6.88. The van der Waals surface area contributed by atoms with E-state index in [1.807, 2.05) is 24.3 Å². The van der Waals surface area contributed by atoms with E-state index >= 15 is 0 Å². The highest BCUT2D eigenvalue weighted by molar-refractivity contribution is 6.07. The number of H-pyrrole nitrogens is 1. The Morgan fingerprint density at radius 3 is 2.24 bits per heavy atom. The van der Waals surface area contributed by atoms with Gasteiger partial charge in [0.25, 0.3) is 11.8 Å². The van der Waals surface area contributed by atoms with Crippen LogP contribution in [0.4, 0.5) is 0 Å². The molecule has 3 rings (SSSR count). The average molecular weight is 337 g/mol. The molecule has 0 atom stereocenters. The third-order valence-corrected chi connectivity index (χ3v) is 3.69. The minimum atomic E-state index is -0.496. The average Bonchev–Trinajstić information content (AvgIpc) is 3.09. The van der Waals surface area contributed by atoms with E-state index in [1.165, 1.54) is 31.4 Å². The van der Waals surface area contributed by atoms with Crippen molar-refractivity contribution in [2.75, 3.05) is 7.11 Å². The molecule has 0 radical (unpaired) electrons. The van der Waals surface area contributed by atoms with Crippen LogP contribution in [0.25, 0.3) is 10.9 Å². The summed E-state index contributed by atoms with van der Waals surface area (Å²) in [6, 6.07) is 13.2. The molecule has 0 saturated heterocycles. The molecule has 0 aliphatic heterocycles. The zero-order chi connectivity index (χ0) is 17.8. The molecular weight excluding hydrogens is 322 g/mol. The van der Waals surface area contributed by atoms with Gasteiger partial charge in [0.1, 0.15) is 0 Å². The monoisotopic (exact) mass is 337 g/mol. The van der Waals surface area contributed by atoms with Crippen molar-refractivity contribution < 1.29 is 19.1 Å². The Labute approximate surface area is 143 Å². The normalized spacial score (nSPS) is 10.3. The van der Waals surface area contributed by atoms with Gasteiger partial charge in [-0.2, -0.15) is 0 Å². The van der Waals surface area contributed by atoms with Gasteiger partial charge >= 0.3 is 5.97 Å². The largest absolute Gasteiger partial charge is 0.465 e. The first-order valence-corrected chi connectivity index (χ1v) is 7.45. The van der Waals surface area contributed by atoms with E-state index in [4.69, 9.17) is 0 Å². The highest BCUT2D eigenvalue weighted by Crippen LogP contribution is 2.17. The van der Waals surface area contributed by atoms with Gasteiger partial charge in [0, 0.05) is 22.7 Å². The van der Waals surface area contributed by atoms with Crippen LogP contribution < -0.4 is 10.9 Å². The number of hydrogen-bond acceptors (Lipinski definition) is 4. The SMILES string of the molecule is COC(=O)c1ccc(C(=O)NNC(=O)c2c[nH]c3ccccc23)cc1. The Morgan fingerprint density at radius 2 is 1.52 bits per heavy atom. The Hall–Kier alpha value is -3.61. The number of amides is 2. The first-order valence-electron chi connectivity index (χ1n) is 7.45. The molecule has 0 fully saturated rings. The number of esters is 1. The van der Waals surface area contributed by atoms with E-state index in [0.29, 0.717) is 16.7 Å². The fraction of sp³-hybridized carbons (Fsp3) is 0.0556. The lowest BCUT2D eigenvalue weighted by Gasteiger charge is -2.07. The highest BCUT2D eigenvalue weighted by atomic mass is 16.5. The predicted octanol–water partition coefficient (Wildman–Crippen LogP) is 2.03. The maximum atomic E-state index is 12.2. The molecule has 0 spiro atoms. The number of rotatable bonds is 3. The van der Waals surface area contributed by atoms with Gasteiger partial charge in [-0.1, -0.05) is 18.2 Å². The number of fused-ring (bicyclic) bond motifs is 1. The third-order valence-electron chi connectivity index (χ3n) is 3.69. The number of hydrogen-bond donors (Lipinski definition) is 3. The highest BCUT2D eigenvalue weighted by Gasteiger charge is 2.13. The number of aromatic nitrogens is 1. The number of hydrazine groups is 1. The molecule has 7 nitrogen and oxygen atoms in total. The lowest BCUT2D eigenvalue weighted by molar-refractivity contribution is 0.0600. The van der Waals surface area contributed by atoms with Gasteiger partial charge in [0.05, 0.1) is 18.2 Å². The van der Waals surface area contributed by atoms with Crippen LogP contribution in [0, 0.1) is 0 Å². The second-order valence-corrected chi connectivity index (χ2v) is 5.23. The molecule has 0 aliphatic carbocycles. The molecule has 2 amide bonds. The molecule has 3 N–H and O–H groups in total. The molecule has 0 unspecified atom stereocenters. The van der Waals surface area contributed by atoms with Gasteiger partial charge in [-0.05, 0) is 30.3 Å². The lowest BCUT2D eigenvalue weighted by Crippen LogP contribution is -2.41. The van der Waals surface area contributed by atoms with Crippen molar-refractivity contribution >= 4 is 28.7 Å². The van der Waals surface area contributed by atoms with Crippen LogP contribution in [0.15, 0.2) is 54.7 Å². The summed E-state index contributed by atoms with van der Waals surface area (Å²) in [5, 5.41) is 0.761. The summed E-state index contributed by atoms with van der Waals surface area (Å²) in [5.41, 5.74) is 6.61. The predicted molar refractivity (Wildman–Crippen MR) is 91.0 cm³/mol. The number of carbonyl (C=O) groups is 3. The first-order chi connectivity index (χ1) is 12.1. The quantitative estimate of drug-likeness (QED) is 0.503. The van der Waals surface area contributed by atoms with E-state index < -0.39 is 17.8 Å². The first kappa shape index (κ1) is 16.3. The molecule has 2 aromatic carbocycles. The molecule has 25 heavy (non-hydrogen) atoms. The van der Waals surface area contributed by atoms with Crippen LogP contribution in [0.1, 0.15) is 31.1 Å². The molecule has 0 aliphatic rings. The van der Waals surface area contributed by atoms with Crippen LogP contribution >= 0.6 is 0 Å². The van der Waals surface area contributed by atoms with Crippen molar-refractivity contribution in [2.45, 2.75) is 0 Å². The third kappa shape index (κ3) is 3.35. The number of benzene rings is 2. The van der Waals surface area contributed by atoms with Crippen LogP contribution in [-0.4, -0.2) is 29.9 Å². The van der Waals surface area contributed by atoms with E-state index in [0.717, 1.165) is 10.9 Å². The summed E-state index contributed by atoms with van der Waals surface area (Å²) >= 11 is 0. The molecule has 1 heterocycles. The van der Waals surface area contributed by atoms with Crippen LogP contribution in [0.2, 0.25) is 0 Å². The van der Waals surface area contributed by atoms with Crippen molar-refractivity contribution in [3.63, 3.8) is 0 Å². The minimum absolute atomic E-state index is 0.298. The van der Waals surface area contributed by atoms with Gasteiger partial charge < -0.3 is 9.72 Å². The smallest absolute Gasteiger partial charge is 0.337 e. The number of ether oxygens (including phenoxy) is 1. The molecule has 0 bridgehead atoms. The van der Waals surface area contributed by atoms with Gasteiger partial charge in [0.15, 0.2) is 0 Å². The number of methoxy groups -OCH3 is 1. The Balaban J connectivity index is 1.65. The number of nitrogens with one attached hydrogen (secondary N) is 3. The lowest BCUT2D eigenvalue weighted by atomic mass is 10.1. The van der Waals surface area contributed by atoms with E-state index in [-0.39, 0.29) is 0 Å². The van der Waals surface area contributed by atoms with Gasteiger partial charge in [-0.15, -0.1) is 0 Å². The second-order valence-electron chi connectivity index (χ2n) is 5.23. The summed E-state index contributed by atoms with van der Waals surface area (Å²) in [7, 11) is 1.28. The fourth-order valence-corrected chi connectivity index (χ4v) is 2.39. The van der Waals surface area contributed by atoms with Gasteiger partial charge in [-0.3, -0.25) is 20.4 Å². The van der Waals surface area contributed by atoms with Gasteiger partial charge in [0.2, 0.25) is 0 Å². The van der Waals surface area contributed by atoms with Crippen molar-refractivity contribution in [1.82, 2.24) is 15.8 Å². The van der Waals surface area contributed by atoms with E-state index in [2.05, 4.69) is 20.6 Å². The summed E-state index contributed by atoms with van der Waals surface area (Å²) < 4.78 is 4.59. The maximum absolute atomic E-state index is 12.2. The number of para-hydroxylation sites is 1. The summed E-state index contributed by atoms with van der Waals surface area (Å²) in [6.45, 7) is 0. The fourth-order valence-electron chi connectivity index (χ4n) is 2.39. The van der Waals surface area contributed by atoms with Crippen molar-refractivity contribution in [1.29, 1.82) is 0 Å². The molecule has 3 aromatic rings. The Morgan fingerprint density at radius 1 is 0.880 bits per heavy atom. The van der Waals surface area contributed by atoms with Gasteiger partial charge in [-0.25, -0.2) is 4.79 Å². The standard InChI is InChI=1S/C18H15N3O4/c1-25-18(24)12-8-6-11(7-9-12)16(22)20-21-17(23)14-10-19-15-5-3-2-4-13(14)15/h2-10,19H,1H3,(H,20,22)(H,21,23). The molecule has 0 saturated carbocycles. The van der Waals surface area contributed by atoms with Crippen LogP contribution in [-0.2, 0) is 4.74 Å². The van der Waals surface area contributed by atoms with Crippen LogP contribution in [0.3, 0.4) is 0 Å². The molecule has 1 aromatic heterocycles. The summed E-state index contributed by atoms with van der Waals surface area (Å²) in [6.07, 6.45) is 1.58. The van der Waals surface area contributed by atoms with Crippen molar-refractivity contribution in [3.8, 4) is 0 Å². The topological polar surface area (TPSA) is 100 Å². The minimum Gasteiger partial charge on any atom is -0.465 e. The zero-order valence-electron chi connectivity index (χ0n) is 13.3. The zero-order valence-corrected chi connectivity index (χ0v) is 13.3. The Kier molecular flexibility index (Phi) is 4.47. The number of carbonyl (C=O) groups excluding carboxylic acids is 3. The molecule has 7 heteroatoms. The summed E-state index contributed by atoms with van der Waals surface area (Å²) in [4.78, 5) is 38.7. The van der Waals surface area contributed by atoms with E-state index in [1.54, 1.807) is 6.20 Å². The van der Waals surface area contributed by atoms with Crippen molar-refractivity contribution in [3.05, 3.63) is 71.4 Å². The maximum Gasteiger partial charge on any atom is 0.337 e. The summed E-state index contributed by atoms with van der Waals surface area (Å²) in [5.74, 6) is -1.42. The van der Waals surface area contributed by atoms with E-state index in [9.17, 15) is 14.4 Å². The number of aromatic amines is 1. The molecular formula is C18H15N3O4. The van der Waals surface area contributed by atoms with Crippen LogP contribution in [0.5, 0.6) is 0 Å². The molecule has 126 valence electrons. The Bertz CT molecular complexity index is 944. The van der Waals surface area contributed by atoms with Crippen molar-refractivity contribution in [2.24, 2.45) is 0 Å².